The van der Waals surface area contributed by atoms with Gasteiger partial charge in [0.15, 0.2) is 0 Å². The lowest BCUT2D eigenvalue weighted by Gasteiger charge is -2.30. The highest BCUT2D eigenvalue weighted by molar-refractivity contribution is 5.94. The fourth-order valence-corrected chi connectivity index (χ4v) is 1.94. The van der Waals surface area contributed by atoms with E-state index in [0.29, 0.717) is 24.2 Å². The molecule has 0 spiro atoms. The molecule has 1 unspecified atom stereocenters. The number of amides is 2. The van der Waals surface area contributed by atoms with Crippen LogP contribution in [0.4, 0.5) is 10.5 Å². The predicted molar refractivity (Wildman–Crippen MR) is 82.2 cm³/mol. The van der Waals surface area contributed by atoms with Crippen molar-refractivity contribution >= 4 is 17.7 Å². The van der Waals surface area contributed by atoms with Crippen LogP contribution in [0.15, 0.2) is 24.3 Å². The van der Waals surface area contributed by atoms with Crippen LogP contribution in [0, 0.1) is 5.41 Å². The van der Waals surface area contributed by atoms with Gasteiger partial charge in [-0.2, -0.15) is 0 Å². The SMILES string of the molecule is CC(C)(C)C(CCNC(=O)c1ccc(N)cc1)NC(=O)O. The van der Waals surface area contributed by atoms with Gasteiger partial charge in [0.25, 0.3) is 5.91 Å². The van der Waals surface area contributed by atoms with E-state index in [0.717, 1.165) is 0 Å². The number of carbonyl (C=O) groups excluding carboxylic acids is 1. The monoisotopic (exact) mass is 293 g/mol. The van der Waals surface area contributed by atoms with Gasteiger partial charge < -0.3 is 21.5 Å². The minimum Gasteiger partial charge on any atom is -0.465 e. The summed E-state index contributed by atoms with van der Waals surface area (Å²) < 4.78 is 0. The van der Waals surface area contributed by atoms with E-state index in [-0.39, 0.29) is 17.4 Å². The number of carbonyl (C=O) groups is 2. The van der Waals surface area contributed by atoms with Gasteiger partial charge in [0, 0.05) is 23.8 Å². The van der Waals surface area contributed by atoms with Crippen LogP contribution in [0.2, 0.25) is 0 Å². The van der Waals surface area contributed by atoms with Crippen molar-refractivity contribution in [3.63, 3.8) is 0 Å². The normalized spacial score (nSPS) is 12.5. The van der Waals surface area contributed by atoms with E-state index in [2.05, 4.69) is 10.6 Å². The first-order chi connectivity index (χ1) is 9.70. The van der Waals surface area contributed by atoms with Crippen molar-refractivity contribution in [2.75, 3.05) is 12.3 Å². The van der Waals surface area contributed by atoms with E-state index in [1.54, 1.807) is 24.3 Å². The second kappa shape index (κ2) is 6.97. The van der Waals surface area contributed by atoms with Gasteiger partial charge in [-0.05, 0) is 36.1 Å². The fraction of sp³-hybridized carbons (Fsp3) is 0.467. The maximum atomic E-state index is 11.9. The number of rotatable bonds is 5. The van der Waals surface area contributed by atoms with E-state index in [1.165, 1.54) is 0 Å². The molecular formula is C15H23N3O3. The van der Waals surface area contributed by atoms with Gasteiger partial charge in [0.05, 0.1) is 0 Å². The Hall–Kier alpha value is -2.24. The molecule has 2 amide bonds. The molecule has 1 aromatic carbocycles. The van der Waals surface area contributed by atoms with Crippen LogP contribution >= 0.6 is 0 Å². The average molecular weight is 293 g/mol. The summed E-state index contributed by atoms with van der Waals surface area (Å²) in [5.74, 6) is -0.196. The number of hydrogen-bond donors (Lipinski definition) is 4. The molecule has 0 bridgehead atoms. The lowest BCUT2D eigenvalue weighted by molar-refractivity contribution is 0.0949. The van der Waals surface area contributed by atoms with Crippen LogP contribution < -0.4 is 16.4 Å². The molecular weight excluding hydrogens is 270 g/mol. The van der Waals surface area contributed by atoms with Gasteiger partial charge in [0.2, 0.25) is 0 Å². The van der Waals surface area contributed by atoms with Crippen molar-refractivity contribution in [3.05, 3.63) is 29.8 Å². The molecule has 6 nitrogen and oxygen atoms in total. The largest absolute Gasteiger partial charge is 0.465 e. The summed E-state index contributed by atoms with van der Waals surface area (Å²) in [4.78, 5) is 22.7. The standard InChI is InChI=1S/C15H23N3O3/c1-15(2,3)12(18-14(20)21)8-9-17-13(19)10-4-6-11(16)7-5-10/h4-7,12,18H,8-9,16H2,1-3H3,(H,17,19)(H,20,21). The van der Waals surface area contributed by atoms with E-state index in [4.69, 9.17) is 10.8 Å². The highest BCUT2D eigenvalue weighted by Gasteiger charge is 2.25. The summed E-state index contributed by atoms with van der Waals surface area (Å²) in [5, 5.41) is 14.1. The van der Waals surface area contributed by atoms with Crippen LogP contribution in [-0.2, 0) is 0 Å². The zero-order valence-corrected chi connectivity index (χ0v) is 12.6. The molecule has 21 heavy (non-hydrogen) atoms. The minimum atomic E-state index is -1.06. The Morgan fingerprint density at radius 2 is 1.81 bits per heavy atom. The molecule has 0 saturated heterocycles. The summed E-state index contributed by atoms with van der Waals surface area (Å²) in [6, 6.07) is 6.40. The molecule has 0 saturated carbocycles. The van der Waals surface area contributed by atoms with Crippen molar-refractivity contribution in [3.8, 4) is 0 Å². The second-order valence-corrected chi connectivity index (χ2v) is 6.03. The van der Waals surface area contributed by atoms with Gasteiger partial charge in [-0.15, -0.1) is 0 Å². The number of hydrogen-bond acceptors (Lipinski definition) is 3. The summed E-state index contributed by atoms with van der Waals surface area (Å²) in [6.07, 6.45) is -0.531. The van der Waals surface area contributed by atoms with E-state index >= 15 is 0 Å². The Morgan fingerprint density at radius 3 is 2.29 bits per heavy atom. The van der Waals surface area contributed by atoms with Crippen LogP contribution in [0.5, 0.6) is 0 Å². The molecule has 0 heterocycles. The lowest BCUT2D eigenvalue weighted by atomic mass is 9.85. The second-order valence-electron chi connectivity index (χ2n) is 6.03. The number of anilines is 1. The van der Waals surface area contributed by atoms with Crippen LogP contribution in [-0.4, -0.2) is 29.7 Å². The first-order valence-corrected chi connectivity index (χ1v) is 6.83. The van der Waals surface area contributed by atoms with Gasteiger partial charge >= 0.3 is 6.09 Å². The van der Waals surface area contributed by atoms with Crippen molar-refractivity contribution in [1.82, 2.24) is 10.6 Å². The molecule has 5 N–H and O–H groups in total. The molecule has 1 atom stereocenters. The van der Waals surface area contributed by atoms with Crippen molar-refractivity contribution in [1.29, 1.82) is 0 Å². The van der Waals surface area contributed by atoms with Crippen LogP contribution in [0.1, 0.15) is 37.6 Å². The third-order valence-corrected chi connectivity index (χ3v) is 3.23. The number of nitrogens with one attached hydrogen (secondary N) is 2. The van der Waals surface area contributed by atoms with Crippen molar-refractivity contribution < 1.29 is 14.7 Å². The van der Waals surface area contributed by atoms with Gasteiger partial charge in [0.1, 0.15) is 0 Å². The molecule has 0 aliphatic rings. The first-order valence-electron chi connectivity index (χ1n) is 6.83. The zero-order chi connectivity index (χ0) is 16.0. The van der Waals surface area contributed by atoms with E-state index < -0.39 is 6.09 Å². The molecule has 0 aliphatic heterocycles. The van der Waals surface area contributed by atoms with Crippen LogP contribution in [0.3, 0.4) is 0 Å². The van der Waals surface area contributed by atoms with Gasteiger partial charge in [-0.25, -0.2) is 4.79 Å². The molecule has 1 rings (SSSR count). The average Bonchev–Trinajstić information content (AvgIpc) is 2.36. The van der Waals surface area contributed by atoms with Crippen molar-refractivity contribution in [2.24, 2.45) is 5.41 Å². The topological polar surface area (TPSA) is 104 Å². The number of nitrogen functional groups attached to an aromatic ring is 1. The Labute approximate surface area is 124 Å². The molecule has 1 aromatic rings. The molecule has 0 aromatic heterocycles. The quantitative estimate of drug-likeness (QED) is 0.624. The summed E-state index contributed by atoms with van der Waals surface area (Å²) in [5.41, 5.74) is 6.48. The summed E-state index contributed by atoms with van der Waals surface area (Å²) >= 11 is 0. The molecule has 0 fully saturated rings. The minimum absolute atomic E-state index is 0.196. The maximum Gasteiger partial charge on any atom is 0.404 e. The zero-order valence-electron chi connectivity index (χ0n) is 12.6. The molecule has 6 heteroatoms. The number of nitrogens with two attached hydrogens (primary N) is 1. The molecule has 116 valence electrons. The summed E-state index contributed by atoms with van der Waals surface area (Å²) in [7, 11) is 0. The van der Waals surface area contributed by atoms with Gasteiger partial charge in [-0.3, -0.25) is 4.79 Å². The highest BCUT2D eigenvalue weighted by Crippen LogP contribution is 2.21. The Kier molecular flexibility index (Phi) is 5.58. The summed E-state index contributed by atoms with van der Waals surface area (Å²) in [6.45, 7) is 6.26. The number of carboxylic acid groups (broad SMARTS) is 1. The molecule has 0 aliphatic carbocycles. The first kappa shape index (κ1) is 16.8. The Morgan fingerprint density at radius 1 is 1.24 bits per heavy atom. The van der Waals surface area contributed by atoms with Gasteiger partial charge in [-0.1, -0.05) is 20.8 Å². The van der Waals surface area contributed by atoms with Crippen LogP contribution in [0.25, 0.3) is 0 Å². The third kappa shape index (κ3) is 5.72. The highest BCUT2D eigenvalue weighted by atomic mass is 16.4. The Balaban J connectivity index is 2.52. The predicted octanol–water partition coefficient (Wildman–Crippen LogP) is 2.07. The fourth-order valence-electron chi connectivity index (χ4n) is 1.94. The van der Waals surface area contributed by atoms with Crippen molar-refractivity contribution in [2.45, 2.75) is 33.2 Å². The third-order valence-electron chi connectivity index (χ3n) is 3.23. The number of benzene rings is 1. The molecule has 0 radical (unpaired) electrons. The maximum absolute atomic E-state index is 11.9. The lowest BCUT2D eigenvalue weighted by Crippen LogP contribution is -2.45. The van der Waals surface area contributed by atoms with E-state index in [9.17, 15) is 9.59 Å². The Bertz CT molecular complexity index is 492. The smallest absolute Gasteiger partial charge is 0.404 e. The van der Waals surface area contributed by atoms with E-state index in [1.807, 2.05) is 20.8 Å².